The smallest absolute Gasteiger partial charge is 0.237 e. The number of amides is 1. The van der Waals surface area contributed by atoms with E-state index in [0.717, 1.165) is 5.71 Å². The number of aromatic hydroxyl groups is 2. The van der Waals surface area contributed by atoms with Crippen molar-refractivity contribution in [2.45, 2.75) is 18.6 Å². The Bertz CT molecular complexity index is 576. The molecule has 0 saturated carbocycles. The number of oxime groups is 1. The lowest BCUT2D eigenvalue weighted by Gasteiger charge is -2.15. The summed E-state index contributed by atoms with van der Waals surface area (Å²) in [6.07, 6.45) is -0.528. The van der Waals surface area contributed by atoms with Gasteiger partial charge in [-0.2, -0.15) is 0 Å². The fraction of sp³-hybridized carbons (Fsp3) is 0.429. The second-order valence-corrected chi connectivity index (χ2v) is 4.99. The molecule has 120 valence electrons. The summed E-state index contributed by atoms with van der Waals surface area (Å²) in [5.41, 5.74) is 1.16. The van der Waals surface area contributed by atoms with Crippen LogP contribution in [-0.4, -0.2) is 53.2 Å². The van der Waals surface area contributed by atoms with Gasteiger partial charge in [-0.15, -0.1) is 0 Å². The van der Waals surface area contributed by atoms with E-state index in [4.69, 9.17) is 0 Å². The Kier molecular flexibility index (Phi) is 5.18. The van der Waals surface area contributed by atoms with E-state index < -0.39 is 12.1 Å². The number of hydrogen-bond donors (Lipinski definition) is 5. The van der Waals surface area contributed by atoms with Gasteiger partial charge in [-0.3, -0.25) is 4.79 Å². The van der Waals surface area contributed by atoms with Crippen molar-refractivity contribution in [2.75, 3.05) is 20.2 Å². The zero-order valence-corrected chi connectivity index (χ0v) is 12.1. The van der Waals surface area contributed by atoms with Crippen LogP contribution in [0.15, 0.2) is 23.4 Å². The molecule has 8 heteroatoms. The van der Waals surface area contributed by atoms with E-state index in [1.807, 2.05) is 0 Å². The molecule has 1 heterocycles. The van der Waals surface area contributed by atoms with Gasteiger partial charge in [0.2, 0.25) is 5.91 Å². The van der Waals surface area contributed by atoms with Gasteiger partial charge in [0.05, 0.1) is 17.9 Å². The van der Waals surface area contributed by atoms with Crippen LogP contribution in [0.3, 0.4) is 0 Å². The fourth-order valence-corrected chi connectivity index (χ4v) is 2.19. The Morgan fingerprint density at radius 3 is 2.95 bits per heavy atom. The average Bonchev–Trinajstić information content (AvgIpc) is 2.96. The van der Waals surface area contributed by atoms with Crippen molar-refractivity contribution in [1.29, 1.82) is 0 Å². The second-order valence-electron chi connectivity index (χ2n) is 4.99. The third-order valence-electron chi connectivity index (χ3n) is 3.38. The van der Waals surface area contributed by atoms with Gasteiger partial charge < -0.3 is 30.8 Å². The first-order chi connectivity index (χ1) is 10.5. The molecule has 0 spiro atoms. The average molecular weight is 309 g/mol. The molecular weight excluding hydrogens is 290 g/mol. The number of phenols is 2. The van der Waals surface area contributed by atoms with Crippen LogP contribution < -0.4 is 10.6 Å². The number of nitrogens with zero attached hydrogens (tertiary/aromatic N) is 1. The van der Waals surface area contributed by atoms with Crippen LogP contribution in [0, 0.1) is 0 Å². The molecule has 0 bridgehead atoms. The van der Waals surface area contributed by atoms with E-state index in [2.05, 4.69) is 20.6 Å². The zero-order chi connectivity index (χ0) is 16.1. The fourth-order valence-electron chi connectivity index (χ4n) is 2.19. The Morgan fingerprint density at radius 2 is 2.27 bits per heavy atom. The van der Waals surface area contributed by atoms with Crippen molar-refractivity contribution in [1.82, 2.24) is 10.6 Å². The zero-order valence-electron chi connectivity index (χ0n) is 12.1. The van der Waals surface area contributed by atoms with Gasteiger partial charge in [0.1, 0.15) is 7.11 Å². The molecule has 2 rings (SSSR count). The highest BCUT2D eigenvalue weighted by Gasteiger charge is 2.27. The first-order valence-electron chi connectivity index (χ1n) is 6.81. The molecule has 1 amide bonds. The van der Waals surface area contributed by atoms with Gasteiger partial charge in [0.15, 0.2) is 11.5 Å². The first-order valence-corrected chi connectivity index (χ1v) is 6.81. The lowest BCUT2D eigenvalue weighted by atomic mass is 10.1. The van der Waals surface area contributed by atoms with E-state index in [9.17, 15) is 20.1 Å². The molecule has 8 nitrogen and oxygen atoms in total. The predicted molar refractivity (Wildman–Crippen MR) is 78.6 cm³/mol. The monoisotopic (exact) mass is 309 g/mol. The van der Waals surface area contributed by atoms with Crippen LogP contribution in [0.1, 0.15) is 18.1 Å². The lowest BCUT2D eigenvalue weighted by Crippen LogP contribution is -2.41. The normalized spacial score (nSPS) is 20.8. The molecule has 22 heavy (non-hydrogen) atoms. The summed E-state index contributed by atoms with van der Waals surface area (Å²) in [5, 5.41) is 38.0. The molecule has 0 aromatic heterocycles. The predicted octanol–water partition coefficient (Wildman–Crippen LogP) is -0.388. The van der Waals surface area contributed by atoms with E-state index in [1.54, 1.807) is 0 Å². The standard InChI is InChI=1S/C14H19N3O5/c1-22-17-9-5-10(15-6-9)14(21)16-7-13(20)8-2-3-11(18)12(19)4-8/h2-4,10,13,15,18-20H,5-7H2,1H3,(H,16,21). The van der Waals surface area contributed by atoms with Crippen LogP contribution in [0.2, 0.25) is 0 Å². The number of carbonyl (C=O) groups excluding carboxylic acids is 1. The van der Waals surface area contributed by atoms with Crippen LogP contribution in [-0.2, 0) is 9.63 Å². The van der Waals surface area contributed by atoms with Crippen LogP contribution in [0.5, 0.6) is 11.5 Å². The number of phenolic OH excluding ortho intramolecular Hbond substituents is 2. The van der Waals surface area contributed by atoms with Crippen molar-refractivity contribution in [3.05, 3.63) is 23.8 Å². The summed E-state index contributed by atoms with van der Waals surface area (Å²) in [6.45, 7) is 0.484. The molecule has 0 aliphatic carbocycles. The quantitative estimate of drug-likeness (QED) is 0.373. The molecule has 1 saturated heterocycles. The minimum atomic E-state index is -0.982. The molecule has 1 aromatic carbocycles. The molecule has 2 unspecified atom stereocenters. The van der Waals surface area contributed by atoms with E-state index in [0.29, 0.717) is 18.5 Å². The summed E-state index contributed by atoms with van der Waals surface area (Å²) in [7, 11) is 1.45. The van der Waals surface area contributed by atoms with Crippen molar-refractivity contribution < 1.29 is 25.0 Å². The van der Waals surface area contributed by atoms with Gasteiger partial charge in [-0.25, -0.2) is 0 Å². The van der Waals surface area contributed by atoms with Gasteiger partial charge in [-0.05, 0) is 17.7 Å². The Hall–Kier alpha value is -2.32. The molecular formula is C14H19N3O5. The van der Waals surface area contributed by atoms with Gasteiger partial charge >= 0.3 is 0 Å². The summed E-state index contributed by atoms with van der Waals surface area (Å²) >= 11 is 0. The summed E-state index contributed by atoms with van der Waals surface area (Å²) in [5.74, 6) is -0.829. The van der Waals surface area contributed by atoms with E-state index in [1.165, 1.54) is 25.3 Å². The number of rotatable bonds is 5. The van der Waals surface area contributed by atoms with Gasteiger partial charge in [0, 0.05) is 19.5 Å². The minimum Gasteiger partial charge on any atom is -0.504 e. The number of benzene rings is 1. The first kappa shape index (κ1) is 16.1. The van der Waals surface area contributed by atoms with Crippen LogP contribution >= 0.6 is 0 Å². The third kappa shape index (κ3) is 3.86. The largest absolute Gasteiger partial charge is 0.504 e. The highest BCUT2D eigenvalue weighted by Crippen LogP contribution is 2.27. The summed E-state index contributed by atoms with van der Waals surface area (Å²) < 4.78 is 0. The topological polar surface area (TPSA) is 123 Å². The molecule has 0 radical (unpaired) electrons. The number of aliphatic hydroxyl groups excluding tert-OH is 1. The maximum atomic E-state index is 12.0. The molecule has 1 aromatic rings. The van der Waals surface area contributed by atoms with Gasteiger partial charge in [-0.1, -0.05) is 11.2 Å². The van der Waals surface area contributed by atoms with Gasteiger partial charge in [0.25, 0.3) is 0 Å². The Morgan fingerprint density at radius 1 is 1.50 bits per heavy atom. The molecule has 5 N–H and O–H groups in total. The van der Waals surface area contributed by atoms with E-state index >= 15 is 0 Å². The minimum absolute atomic E-state index is 0.00200. The third-order valence-corrected chi connectivity index (χ3v) is 3.38. The van der Waals surface area contributed by atoms with Crippen LogP contribution in [0.25, 0.3) is 0 Å². The molecule has 1 aliphatic rings. The van der Waals surface area contributed by atoms with Crippen molar-refractivity contribution in [3.8, 4) is 11.5 Å². The summed E-state index contributed by atoms with van der Waals surface area (Å²) in [4.78, 5) is 16.6. The van der Waals surface area contributed by atoms with Crippen molar-refractivity contribution >= 4 is 11.6 Å². The molecule has 2 atom stereocenters. The van der Waals surface area contributed by atoms with Crippen molar-refractivity contribution in [2.24, 2.45) is 5.16 Å². The maximum absolute atomic E-state index is 12.0. The van der Waals surface area contributed by atoms with Crippen molar-refractivity contribution in [3.63, 3.8) is 0 Å². The van der Waals surface area contributed by atoms with E-state index in [-0.39, 0.29) is 24.0 Å². The lowest BCUT2D eigenvalue weighted by molar-refractivity contribution is -0.123. The Balaban J connectivity index is 1.85. The van der Waals surface area contributed by atoms with Crippen LogP contribution in [0.4, 0.5) is 0 Å². The summed E-state index contributed by atoms with van der Waals surface area (Å²) in [6, 6.07) is 3.60. The highest BCUT2D eigenvalue weighted by molar-refractivity contribution is 5.96. The number of aliphatic hydroxyl groups is 1. The SMILES string of the molecule is CON=C1CNC(C(=O)NCC(O)c2ccc(O)c(O)c2)C1. The Labute approximate surface area is 127 Å². The number of nitrogens with one attached hydrogen (secondary N) is 2. The maximum Gasteiger partial charge on any atom is 0.237 e. The molecule has 1 aliphatic heterocycles. The molecule has 1 fully saturated rings. The highest BCUT2D eigenvalue weighted by atomic mass is 16.6. The number of carbonyl (C=O) groups is 1. The second kappa shape index (κ2) is 7.10. The number of hydrogen-bond acceptors (Lipinski definition) is 7.